The maximum Gasteiger partial charge on any atom is 0.240 e. The number of methoxy groups -OCH3 is 2. The molecule has 2 aromatic carbocycles. The molecule has 1 atom stereocenters. The van der Waals surface area contributed by atoms with Crippen molar-refractivity contribution in [3.8, 4) is 11.5 Å². The second kappa shape index (κ2) is 7.82. The van der Waals surface area contributed by atoms with Crippen molar-refractivity contribution in [3.05, 3.63) is 59.2 Å². The lowest BCUT2D eigenvalue weighted by Crippen LogP contribution is -2.24. The van der Waals surface area contributed by atoms with Crippen molar-refractivity contribution in [1.82, 2.24) is 5.01 Å². The number of hydrazone groups is 1. The van der Waals surface area contributed by atoms with Gasteiger partial charge in [-0.25, -0.2) is 5.01 Å². The van der Waals surface area contributed by atoms with Gasteiger partial charge in [0.25, 0.3) is 0 Å². The van der Waals surface area contributed by atoms with E-state index in [1.807, 2.05) is 36.4 Å². The summed E-state index contributed by atoms with van der Waals surface area (Å²) in [5, 5.41) is 6.21. The average molecular weight is 366 g/mol. The van der Waals surface area contributed by atoms with Crippen LogP contribution in [0.5, 0.6) is 11.5 Å². The summed E-state index contributed by atoms with van der Waals surface area (Å²) in [4.78, 5) is 12.3. The second-order valence-electron chi connectivity index (χ2n) is 6.99. The van der Waals surface area contributed by atoms with E-state index in [-0.39, 0.29) is 11.9 Å². The number of rotatable bonds is 5. The van der Waals surface area contributed by atoms with E-state index in [2.05, 4.69) is 25.0 Å². The van der Waals surface area contributed by atoms with Gasteiger partial charge in [0, 0.05) is 18.9 Å². The van der Waals surface area contributed by atoms with E-state index in [4.69, 9.17) is 9.47 Å². The Morgan fingerprint density at radius 2 is 1.81 bits per heavy atom. The van der Waals surface area contributed by atoms with Crippen LogP contribution in [0.25, 0.3) is 0 Å². The maximum atomic E-state index is 12.3. The maximum absolute atomic E-state index is 12.3. The summed E-state index contributed by atoms with van der Waals surface area (Å²) in [6.45, 7) is 5.82. The van der Waals surface area contributed by atoms with Crippen LogP contribution in [0.15, 0.2) is 47.6 Å². The van der Waals surface area contributed by atoms with E-state index in [9.17, 15) is 4.79 Å². The standard InChI is InChI=1S/C22H26N2O3/c1-14(2)18-12-16(10-11-22(18)27-5)20-13-19(23-24(20)15(3)25)17-8-6-7-9-21(17)26-4/h6-12,14,20H,13H2,1-5H3. The van der Waals surface area contributed by atoms with Crippen LogP contribution >= 0.6 is 0 Å². The topological polar surface area (TPSA) is 51.1 Å². The van der Waals surface area contributed by atoms with Gasteiger partial charge in [0.1, 0.15) is 11.5 Å². The smallest absolute Gasteiger partial charge is 0.240 e. The van der Waals surface area contributed by atoms with Gasteiger partial charge in [-0.3, -0.25) is 4.79 Å². The number of carbonyl (C=O) groups is 1. The van der Waals surface area contributed by atoms with E-state index in [1.165, 1.54) is 0 Å². The Labute approximate surface area is 160 Å². The van der Waals surface area contributed by atoms with E-state index >= 15 is 0 Å². The number of amides is 1. The fourth-order valence-electron chi connectivity index (χ4n) is 3.52. The number of ether oxygens (including phenoxy) is 2. The molecule has 0 aliphatic carbocycles. The van der Waals surface area contributed by atoms with Gasteiger partial charge < -0.3 is 9.47 Å². The summed E-state index contributed by atoms with van der Waals surface area (Å²) in [5.41, 5.74) is 3.97. The molecule has 0 bridgehead atoms. The minimum absolute atomic E-state index is 0.0770. The van der Waals surface area contributed by atoms with Crippen LogP contribution in [0.4, 0.5) is 0 Å². The predicted octanol–water partition coefficient (Wildman–Crippen LogP) is 4.52. The van der Waals surface area contributed by atoms with Crippen LogP contribution in [0.2, 0.25) is 0 Å². The van der Waals surface area contributed by atoms with Crippen molar-refractivity contribution in [2.45, 2.75) is 39.2 Å². The van der Waals surface area contributed by atoms with Gasteiger partial charge in [0.2, 0.25) is 5.91 Å². The van der Waals surface area contributed by atoms with Crippen molar-refractivity contribution in [2.24, 2.45) is 5.10 Å². The Bertz CT molecular complexity index is 874. The molecule has 2 aromatic rings. The Kier molecular flexibility index (Phi) is 5.49. The number of benzene rings is 2. The quantitative estimate of drug-likeness (QED) is 0.781. The first-order chi connectivity index (χ1) is 13.0. The van der Waals surface area contributed by atoms with Gasteiger partial charge in [-0.15, -0.1) is 0 Å². The third-order valence-electron chi connectivity index (χ3n) is 4.91. The van der Waals surface area contributed by atoms with Gasteiger partial charge >= 0.3 is 0 Å². The van der Waals surface area contributed by atoms with Gasteiger partial charge in [-0.1, -0.05) is 32.0 Å². The molecule has 1 aliphatic rings. The minimum atomic E-state index is -0.134. The summed E-state index contributed by atoms with van der Waals surface area (Å²) < 4.78 is 11.0. The van der Waals surface area contributed by atoms with Crippen LogP contribution in [-0.2, 0) is 4.79 Å². The summed E-state index contributed by atoms with van der Waals surface area (Å²) in [6.07, 6.45) is 0.643. The number of para-hydroxylation sites is 1. The second-order valence-corrected chi connectivity index (χ2v) is 6.99. The van der Waals surface area contributed by atoms with Gasteiger partial charge in [0.15, 0.2) is 0 Å². The highest BCUT2D eigenvalue weighted by Gasteiger charge is 2.32. The predicted molar refractivity (Wildman–Crippen MR) is 106 cm³/mol. The molecule has 0 N–H and O–H groups in total. The summed E-state index contributed by atoms with van der Waals surface area (Å²) >= 11 is 0. The highest BCUT2D eigenvalue weighted by atomic mass is 16.5. The molecule has 0 saturated carbocycles. The molecular formula is C22H26N2O3. The van der Waals surface area contributed by atoms with E-state index in [0.717, 1.165) is 33.9 Å². The molecular weight excluding hydrogens is 340 g/mol. The molecule has 0 saturated heterocycles. The molecule has 27 heavy (non-hydrogen) atoms. The largest absolute Gasteiger partial charge is 0.496 e. The van der Waals surface area contributed by atoms with Crippen LogP contribution in [-0.4, -0.2) is 30.8 Å². The Hall–Kier alpha value is -2.82. The zero-order valence-corrected chi connectivity index (χ0v) is 16.5. The average Bonchev–Trinajstić information content (AvgIpc) is 3.13. The lowest BCUT2D eigenvalue weighted by atomic mass is 9.93. The zero-order valence-electron chi connectivity index (χ0n) is 16.5. The molecule has 1 aliphatic heterocycles. The van der Waals surface area contributed by atoms with Crippen molar-refractivity contribution >= 4 is 11.6 Å². The number of hydrogen-bond donors (Lipinski definition) is 0. The van der Waals surface area contributed by atoms with Crippen LogP contribution in [0.3, 0.4) is 0 Å². The summed E-state index contributed by atoms with van der Waals surface area (Å²) in [6, 6.07) is 13.8. The van der Waals surface area contributed by atoms with Crippen LogP contribution in [0, 0.1) is 0 Å². The van der Waals surface area contributed by atoms with Gasteiger partial charge in [-0.05, 0) is 41.3 Å². The Morgan fingerprint density at radius 3 is 2.44 bits per heavy atom. The molecule has 0 radical (unpaired) electrons. The molecule has 0 aromatic heterocycles. The van der Waals surface area contributed by atoms with E-state index < -0.39 is 0 Å². The molecule has 0 spiro atoms. The highest BCUT2D eigenvalue weighted by molar-refractivity contribution is 6.05. The normalized spacial score (nSPS) is 16.4. The van der Waals surface area contributed by atoms with Crippen molar-refractivity contribution in [2.75, 3.05) is 14.2 Å². The van der Waals surface area contributed by atoms with Crippen molar-refractivity contribution in [3.63, 3.8) is 0 Å². The first-order valence-electron chi connectivity index (χ1n) is 9.14. The summed E-state index contributed by atoms with van der Waals surface area (Å²) in [7, 11) is 3.33. The molecule has 1 unspecified atom stereocenters. The van der Waals surface area contributed by atoms with Crippen LogP contribution in [0.1, 0.15) is 55.8 Å². The van der Waals surface area contributed by atoms with Gasteiger partial charge in [-0.2, -0.15) is 5.10 Å². The van der Waals surface area contributed by atoms with Crippen molar-refractivity contribution < 1.29 is 14.3 Å². The molecule has 0 fully saturated rings. The monoisotopic (exact) mass is 366 g/mol. The lowest BCUT2D eigenvalue weighted by molar-refractivity contribution is -0.130. The molecule has 1 heterocycles. The highest BCUT2D eigenvalue weighted by Crippen LogP contribution is 2.37. The fourth-order valence-corrected chi connectivity index (χ4v) is 3.52. The first kappa shape index (κ1) is 19.0. The third kappa shape index (κ3) is 3.68. The molecule has 3 rings (SSSR count). The Balaban J connectivity index is 2.00. The minimum Gasteiger partial charge on any atom is -0.496 e. The zero-order chi connectivity index (χ0) is 19.6. The molecule has 5 nitrogen and oxygen atoms in total. The van der Waals surface area contributed by atoms with Crippen molar-refractivity contribution in [1.29, 1.82) is 0 Å². The summed E-state index contributed by atoms with van der Waals surface area (Å²) in [5.74, 6) is 1.87. The Morgan fingerprint density at radius 1 is 1.11 bits per heavy atom. The molecule has 1 amide bonds. The molecule has 5 heteroatoms. The van der Waals surface area contributed by atoms with Crippen LogP contribution < -0.4 is 9.47 Å². The third-order valence-corrected chi connectivity index (χ3v) is 4.91. The molecule has 142 valence electrons. The number of hydrogen-bond acceptors (Lipinski definition) is 4. The first-order valence-corrected chi connectivity index (χ1v) is 9.14. The lowest BCUT2D eigenvalue weighted by Gasteiger charge is -2.22. The van der Waals surface area contributed by atoms with E-state index in [0.29, 0.717) is 12.3 Å². The number of carbonyl (C=O) groups excluding carboxylic acids is 1. The fraction of sp³-hybridized carbons (Fsp3) is 0.364. The number of nitrogens with zero attached hydrogens (tertiary/aromatic N) is 2. The van der Waals surface area contributed by atoms with Gasteiger partial charge in [0.05, 0.1) is 26.0 Å². The van der Waals surface area contributed by atoms with E-state index in [1.54, 1.807) is 26.2 Å². The SMILES string of the molecule is COc1ccccc1C1=NN(C(C)=O)C(c2ccc(OC)c(C(C)C)c2)C1.